The zero-order valence-corrected chi connectivity index (χ0v) is 12.4. The smallest absolute Gasteiger partial charge is 0.222 e. The van der Waals surface area contributed by atoms with Crippen LogP contribution in [0.1, 0.15) is 25.5 Å². The molecule has 0 N–H and O–H groups in total. The van der Waals surface area contributed by atoms with E-state index in [1.807, 2.05) is 14.0 Å². The van der Waals surface area contributed by atoms with E-state index in [1.54, 1.807) is 34.5 Å². The lowest BCUT2D eigenvalue weighted by molar-refractivity contribution is -0.131. The van der Waals surface area contributed by atoms with E-state index in [0.717, 1.165) is 12.1 Å². The largest absolute Gasteiger partial charge is 0.343 e. The van der Waals surface area contributed by atoms with Crippen LogP contribution in [0.15, 0.2) is 31.2 Å². The summed E-state index contributed by atoms with van der Waals surface area (Å²) >= 11 is 0. The molecule has 112 valence electrons. The van der Waals surface area contributed by atoms with E-state index in [1.165, 1.54) is 6.33 Å². The van der Waals surface area contributed by atoms with E-state index < -0.39 is 0 Å². The Hall–Kier alpha value is -2.31. The minimum Gasteiger partial charge on any atom is -0.343 e. The number of aromatic nitrogens is 5. The molecule has 0 aliphatic carbocycles. The molecular weight excluding hydrogens is 268 g/mol. The third-order valence-corrected chi connectivity index (χ3v) is 3.42. The van der Waals surface area contributed by atoms with Gasteiger partial charge in [0.25, 0.3) is 0 Å². The summed E-state index contributed by atoms with van der Waals surface area (Å²) in [6, 6.07) is 0.0978. The second-order valence-electron chi connectivity index (χ2n) is 5.02. The Bertz CT molecular complexity index is 542. The van der Waals surface area contributed by atoms with Crippen molar-refractivity contribution in [1.29, 1.82) is 0 Å². The van der Waals surface area contributed by atoms with E-state index in [2.05, 4.69) is 20.1 Å². The van der Waals surface area contributed by atoms with Crippen molar-refractivity contribution in [3.63, 3.8) is 0 Å². The minimum absolute atomic E-state index is 0.0978. The number of amides is 1. The van der Waals surface area contributed by atoms with Gasteiger partial charge >= 0.3 is 0 Å². The Balaban J connectivity index is 1.75. The molecule has 0 radical (unpaired) electrons. The average Bonchev–Trinajstić information content (AvgIpc) is 3.00. The topological polar surface area (TPSA) is 76.8 Å². The van der Waals surface area contributed by atoms with Crippen LogP contribution in [0, 0.1) is 0 Å². The lowest BCUT2D eigenvalue weighted by Crippen LogP contribution is -2.36. The van der Waals surface area contributed by atoms with Crippen molar-refractivity contribution in [2.24, 2.45) is 0 Å². The summed E-state index contributed by atoms with van der Waals surface area (Å²) in [5.74, 6) is 0.131. The van der Waals surface area contributed by atoms with Crippen molar-refractivity contribution >= 4 is 5.91 Å². The number of hydrogen-bond acceptors (Lipinski definition) is 5. The van der Waals surface area contributed by atoms with E-state index >= 15 is 0 Å². The van der Waals surface area contributed by atoms with Gasteiger partial charge in [-0.2, -0.15) is 5.10 Å². The van der Waals surface area contributed by atoms with Crippen LogP contribution in [-0.4, -0.2) is 48.6 Å². The van der Waals surface area contributed by atoms with Crippen LogP contribution in [-0.2, 0) is 17.8 Å². The predicted molar refractivity (Wildman–Crippen MR) is 77.2 cm³/mol. The molecule has 1 atom stereocenters. The monoisotopic (exact) mass is 288 g/mol. The van der Waals surface area contributed by atoms with Gasteiger partial charge in [0.1, 0.15) is 12.7 Å². The van der Waals surface area contributed by atoms with E-state index in [9.17, 15) is 4.79 Å². The maximum absolute atomic E-state index is 12.1. The number of nitrogens with zero attached hydrogens (tertiary/aromatic N) is 6. The van der Waals surface area contributed by atoms with Gasteiger partial charge < -0.3 is 4.90 Å². The lowest BCUT2D eigenvalue weighted by atomic mass is 10.1. The average molecular weight is 288 g/mol. The van der Waals surface area contributed by atoms with Gasteiger partial charge in [0.15, 0.2) is 0 Å². The highest BCUT2D eigenvalue weighted by atomic mass is 16.2. The molecule has 0 saturated heterocycles. The van der Waals surface area contributed by atoms with Gasteiger partial charge in [-0.3, -0.25) is 19.4 Å². The van der Waals surface area contributed by atoms with Crippen LogP contribution in [0.25, 0.3) is 0 Å². The molecule has 0 aromatic carbocycles. The summed E-state index contributed by atoms with van der Waals surface area (Å²) < 4.78 is 1.73. The van der Waals surface area contributed by atoms with Gasteiger partial charge in [-0.15, -0.1) is 0 Å². The number of carbonyl (C=O) groups is 1. The molecule has 0 fully saturated rings. The second-order valence-corrected chi connectivity index (χ2v) is 5.02. The molecular formula is C14H20N6O. The first-order chi connectivity index (χ1) is 10.2. The molecule has 0 bridgehead atoms. The minimum atomic E-state index is 0.0978. The summed E-state index contributed by atoms with van der Waals surface area (Å²) in [6.45, 7) is 2.72. The molecule has 0 saturated carbocycles. The van der Waals surface area contributed by atoms with Gasteiger partial charge in [-0.25, -0.2) is 4.98 Å². The fraction of sp³-hybridized carbons (Fsp3) is 0.500. The molecule has 0 aliphatic rings. The zero-order valence-electron chi connectivity index (χ0n) is 12.4. The Morgan fingerprint density at radius 2 is 2.24 bits per heavy atom. The van der Waals surface area contributed by atoms with E-state index in [0.29, 0.717) is 19.4 Å². The third kappa shape index (κ3) is 4.62. The number of hydrogen-bond donors (Lipinski definition) is 0. The summed E-state index contributed by atoms with van der Waals surface area (Å²) in [7, 11) is 1.83. The molecule has 2 heterocycles. The van der Waals surface area contributed by atoms with Crippen LogP contribution in [0.2, 0.25) is 0 Å². The highest BCUT2D eigenvalue weighted by Crippen LogP contribution is 2.07. The lowest BCUT2D eigenvalue weighted by Gasteiger charge is -2.24. The van der Waals surface area contributed by atoms with Crippen molar-refractivity contribution in [1.82, 2.24) is 29.6 Å². The van der Waals surface area contributed by atoms with Gasteiger partial charge in [-0.05, 0) is 13.3 Å². The fourth-order valence-electron chi connectivity index (χ4n) is 2.04. The van der Waals surface area contributed by atoms with Crippen molar-refractivity contribution in [3.05, 3.63) is 36.9 Å². The number of aryl methyl sites for hydroxylation is 1. The Morgan fingerprint density at radius 1 is 1.38 bits per heavy atom. The van der Waals surface area contributed by atoms with Crippen LogP contribution in [0.4, 0.5) is 0 Å². The Labute approximate surface area is 124 Å². The van der Waals surface area contributed by atoms with E-state index in [4.69, 9.17) is 0 Å². The van der Waals surface area contributed by atoms with Crippen molar-refractivity contribution in [2.45, 2.75) is 38.8 Å². The molecule has 7 nitrogen and oxygen atoms in total. The Kier molecular flexibility index (Phi) is 5.36. The molecule has 2 aromatic heterocycles. The summed E-state index contributed by atoms with van der Waals surface area (Å²) in [5.41, 5.74) is 0.896. The first kappa shape index (κ1) is 15.1. The van der Waals surface area contributed by atoms with Gasteiger partial charge in [-0.1, -0.05) is 0 Å². The highest BCUT2D eigenvalue weighted by molar-refractivity contribution is 5.76. The number of rotatable bonds is 7. The van der Waals surface area contributed by atoms with Crippen LogP contribution < -0.4 is 0 Å². The predicted octanol–water partition coefficient (Wildman–Crippen LogP) is 0.938. The van der Waals surface area contributed by atoms with Crippen molar-refractivity contribution < 1.29 is 4.79 Å². The summed E-state index contributed by atoms with van der Waals surface area (Å²) in [5, 5.41) is 4.01. The maximum atomic E-state index is 12.1. The van der Waals surface area contributed by atoms with Gasteiger partial charge in [0.2, 0.25) is 5.91 Å². The molecule has 21 heavy (non-hydrogen) atoms. The van der Waals surface area contributed by atoms with Crippen molar-refractivity contribution in [3.8, 4) is 0 Å². The standard InChI is InChI=1S/C14H20N6O/c1-12(8-13-9-15-5-6-17-13)19(2)14(21)4-3-7-20-11-16-10-18-20/h5-6,9-12H,3-4,7-8H2,1-2H3/t12-/m0/s1. The number of carbonyl (C=O) groups excluding carboxylic acids is 1. The van der Waals surface area contributed by atoms with Crippen molar-refractivity contribution in [2.75, 3.05) is 7.05 Å². The first-order valence-corrected chi connectivity index (χ1v) is 7.00. The molecule has 1 amide bonds. The van der Waals surface area contributed by atoms with Gasteiger partial charge in [0.05, 0.1) is 5.69 Å². The molecule has 2 aromatic rings. The Morgan fingerprint density at radius 3 is 2.90 bits per heavy atom. The highest BCUT2D eigenvalue weighted by Gasteiger charge is 2.16. The van der Waals surface area contributed by atoms with E-state index in [-0.39, 0.29) is 11.9 Å². The normalized spacial score (nSPS) is 12.1. The molecule has 0 spiro atoms. The molecule has 7 heteroatoms. The summed E-state index contributed by atoms with van der Waals surface area (Å²) in [4.78, 5) is 26.1. The SMILES string of the molecule is C[C@@H](Cc1cnccn1)N(C)C(=O)CCCn1cncn1. The second kappa shape index (κ2) is 7.47. The fourth-order valence-corrected chi connectivity index (χ4v) is 2.04. The molecule has 0 aliphatic heterocycles. The van der Waals surface area contributed by atoms with Crippen LogP contribution >= 0.6 is 0 Å². The van der Waals surface area contributed by atoms with Crippen LogP contribution in [0.3, 0.4) is 0 Å². The zero-order chi connectivity index (χ0) is 15.1. The quantitative estimate of drug-likeness (QED) is 0.757. The summed E-state index contributed by atoms with van der Waals surface area (Å²) in [6.07, 6.45) is 10.2. The third-order valence-electron chi connectivity index (χ3n) is 3.42. The van der Waals surface area contributed by atoms with Gasteiger partial charge in [0, 0.05) is 51.1 Å². The molecule has 0 unspecified atom stereocenters. The number of likely N-dealkylation sites (N-methyl/N-ethyl adjacent to an activating group) is 1. The maximum Gasteiger partial charge on any atom is 0.222 e. The molecule has 2 rings (SSSR count). The van der Waals surface area contributed by atoms with Crippen LogP contribution in [0.5, 0.6) is 0 Å². The first-order valence-electron chi connectivity index (χ1n) is 7.00.